The summed E-state index contributed by atoms with van der Waals surface area (Å²) < 4.78 is 0. The fraction of sp³-hybridized carbons (Fsp3) is 0.500. The van der Waals surface area contributed by atoms with Crippen molar-refractivity contribution in [3.63, 3.8) is 0 Å². The molecule has 1 aliphatic heterocycles. The van der Waals surface area contributed by atoms with Gasteiger partial charge in [-0.25, -0.2) is 0 Å². The molecule has 1 fully saturated rings. The quantitative estimate of drug-likeness (QED) is 0.776. The molecule has 0 bridgehead atoms. The maximum Gasteiger partial charge on any atom is 0.0412 e. The van der Waals surface area contributed by atoms with E-state index in [2.05, 4.69) is 47.0 Å². The van der Waals surface area contributed by atoms with Gasteiger partial charge in [0, 0.05) is 49.3 Å². The van der Waals surface area contributed by atoms with Crippen molar-refractivity contribution in [1.29, 1.82) is 0 Å². The van der Waals surface area contributed by atoms with Crippen LogP contribution in [0.4, 0.5) is 0 Å². The van der Waals surface area contributed by atoms with Gasteiger partial charge in [-0.2, -0.15) is 0 Å². The highest BCUT2D eigenvalue weighted by Crippen LogP contribution is 2.20. The van der Waals surface area contributed by atoms with Crippen molar-refractivity contribution in [2.24, 2.45) is 0 Å². The van der Waals surface area contributed by atoms with Gasteiger partial charge in [-0.05, 0) is 33.0 Å². The molecule has 1 saturated heterocycles. The van der Waals surface area contributed by atoms with Crippen LogP contribution < -0.4 is 0 Å². The Hall–Kier alpha value is -1.35. The fourth-order valence-corrected chi connectivity index (χ4v) is 2.20. The van der Waals surface area contributed by atoms with Gasteiger partial charge in [0.1, 0.15) is 0 Å². The molecule has 92 valence electrons. The maximum atomic E-state index is 4.38. The molecule has 3 heteroatoms. The van der Waals surface area contributed by atoms with Gasteiger partial charge in [-0.3, -0.25) is 4.98 Å². The second-order valence-electron chi connectivity index (χ2n) is 4.65. The average molecular weight is 231 g/mol. The number of hydrogen-bond donors (Lipinski definition) is 0. The summed E-state index contributed by atoms with van der Waals surface area (Å²) in [4.78, 5) is 9.20. The summed E-state index contributed by atoms with van der Waals surface area (Å²) in [5.41, 5.74) is 3.61. The molecule has 0 unspecified atom stereocenters. The van der Waals surface area contributed by atoms with Crippen LogP contribution in [0.3, 0.4) is 0 Å². The topological polar surface area (TPSA) is 19.4 Å². The lowest BCUT2D eigenvalue weighted by Crippen LogP contribution is -2.43. The molecule has 1 aromatic rings. The van der Waals surface area contributed by atoms with Crippen LogP contribution in [-0.4, -0.2) is 48.0 Å². The molecule has 0 radical (unpaired) electrons. The van der Waals surface area contributed by atoms with Crippen LogP contribution in [0.5, 0.6) is 0 Å². The number of pyridine rings is 1. The summed E-state index contributed by atoms with van der Waals surface area (Å²) in [6, 6.07) is 4.24. The molecular weight excluding hydrogens is 210 g/mol. The van der Waals surface area contributed by atoms with Crippen molar-refractivity contribution in [1.82, 2.24) is 14.8 Å². The number of aromatic nitrogens is 1. The third-order valence-corrected chi connectivity index (χ3v) is 3.32. The van der Waals surface area contributed by atoms with Crippen LogP contribution in [0.15, 0.2) is 24.4 Å². The van der Waals surface area contributed by atoms with E-state index in [0.717, 1.165) is 31.9 Å². The highest BCUT2D eigenvalue weighted by atomic mass is 15.2. The predicted molar refractivity (Wildman–Crippen MR) is 71.7 cm³/mol. The minimum atomic E-state index is 1.07. The normalized spacial score (nSPS) is 18.5. The highest BCUT2D eigenvalue weighted by Gasteiger charge is 2.16. The Morgan fingerprint density at radius 3 is 2.47 bits per heavy atom. The number of likely N-dealkylation sites (N-methyl/N-ethyl adjacent to an activating group) is 1. The molecule has 0 N–H and O–H groups in total. The second kappa shape index (κ2) is 5.32. The van der Waals surface area contributed by atoms with E-state index < -0.39 is 0 Å². The van der Waals surface area contributed by atoms with Gasteiger partial charge < -0.3 is 9.80 Å². The molecule has 1 aliphatic rings. The number of aryl methyl sites for hydroxylation is 1. The monoisotopic (exact) mass is 231 g/mol. The SMILES string of the molecule is C/C=C(/c1ccc(C)nc1)N1CCN(C)CC1. The molecule has 2 rings (SSSR count). The van der Waals surface area contributed by atoms with E-state index in [-0.39, 0.29) is 0 Å². The van der Waals surface area contributed by atoms with Crippen LogP contribution in [0.2, 0.25) is 0 Å². The number of rotatable bonds is 2. The third-order valence-electron chi connectivity index (χ3n) is 3.32. The van der Waals surface area contributed by atoms with Crippen molar-refractivity contribution < 1.29 is 0 Å². The molecule has 0 amide bonds. The molecule has 1 aromatic heterocycles. The van der Waals surface area contributed by atoms with E-state index in [1.807, 2.05) is 13.1 Å². The Morgan fingerprint density at radius 2 is 1.94 bits per heavy atom. The van der Waals surface area contributed by atoms with Gasteiger partial charge in [0.15, 0.2) is 0 Å². The molecule has 0 aliphatic carbocycles. The molecule has 0 saturated carbocycles. The maximum absolute atomic E-state index is 4.38. The smallest absolute Gasteiger partial charge is 0.0412 e. The highest BCUT2D eigenvalue weighted by molar-refractivity contribution is 5.63. The van der Waals surface area contributed by atoms with Crippen molar-refractivity contribution in [3.05, 3.63) is 35.7 Å². The number of hydrogen-bond acceptors (Lipinski definition) is 3. The van der Waals surface area contributed by atoms with E-state index in [1.54, 1.807) is 0 Å². The Bertz CT molecular complexity index is 386. The minimum Gasteiger partial charge on any atom is -0.369 e. The van der Waals surface area contributed by atoms with Gasteiger partial charge in [0.25, 0.3) is 0 Å². The summed E-state index contributed by atoms with van der Waals surface area (Å²) in [5, 5.41) is 0. The zero-order valence-electron chi connectivity index (χ0n) is 11.0. The van der Waals surface area contributed by atoms with Gasteiger partial charge >= 0.3 is 0 Å². The van der Waals surface area contributed by atoms with E-state index in [9.17, 15) is 0 Å². The summed E-state index contributed by atoms with van der Waals surface area (Å²) in [7, 11) is 2.18. The Kier molecular flexibility index (Phi) is 3.79. The molecule has 3 nitrogen and oxygen atoms in total. The lowest BCUT2D eigenvalue weighted by atomic mass is 10.1. The van der Waals surface area contributed by atoms with Crippen molar-refractivity contribution in [2.45, 2.75) is 13.8 Å². The fourth-order valence-electron chi connectivity index (χ4n) is 2.20. The molecule has 2 heterocycles. The molecule has 17 heavy (non-hydrogen) atoms. The third kappa shape index (κ3) is 2.86. The zero-order valence-corrected chi connectivity index (χ0v) is 11.0. The summed E-state index contributed by atoms with van der Waals surface area (Å²) >= 11 is 0. The average Bonchev–Trinajstić information content (AvgIpc) is 2.35. The number of piperazine rings is 1. The molecule has 0 spiro atoms. The Morgan fingerprint density at radius 1 is 1.24 bits per heavy atom. The van der Waals surface area contributed by atoms with E-state index >= 15 is 0 Å². The first-order valence-corrected chi connectivity index (χ1v) is 6.23. The zero-order chi connectivity index (χ0) is 12.3. The predicted octanol–water partition coefficient (Wildman–Crippen LogP) is 2.00. The molecule has 0 atom stereocenters. The minimum absolute atomic E-state index is 1.07. The van der Waals surface area contributed by atoms with Gasteiger partial charge in [0.2, 0.25) is 0 Å². The van der Waals surface area contributed by atoms with Crippen molar-refractivity contribution in [2.75, 3.05) is 33.2 Å². The summed E-state index contributed by atoms with van der Waals surface area (Å²) in [6.07, 6.45) is 4.17. The van der Waals surface area contributed by atoms with Crippen molar-refractivity contribution >= 4 is 5.70 Å². The summed E-state index contributed by atoms with van der Waals surface area (Å²) in [5.74, 6) is 0. The van der Waals surface area contributed by atoms with Crippen LogP contribution in [0, 0.1) is 6.92 Å². The lowest BCUT2D eigenvalue weighted by Gasteiger charge is -2.35. The Balaban J connectivity index is 2.14. The molecular formula is C14H21N3. The van der Waals surface area contributed by atoms with E-state index in [0.29, 0.717) is 0 Å². The van der Waals surface area contributed by atoms with Crippen LogP contribution in [0.1, 0.15) is 18.2 Å². The largest absolute Gasteiger partial charge is 0.369 e. The second-order valence-corrected chi connectivity index (χ2v) is 4.65. The van der Waals surface area contributed by atoms with E-state index in [1.165, 1.54) is 11.3 Å². The van der Waals surface area contributed by atoms with Crippen LogP contribution >= 0.6 is 0 Å². The molecule has 0 aromatic carbocycles. The van der Waals surface area contributed by atoms with Gasteiger partial charge in [0.05, 0.1) is 0 Å². The standard InChI is InChI=1S/C14H21N3/c1-4-14(13-6-5-12(2)15-11-13)17-9-7-16(3)8-10-17/h4-6,11H,7-10H2,1-3H3/b14-4-. The van der Waals surface area contributed by atoms with Crippen LogP contribution in [-0.2, 0) is 0 Å². The number of allylic oxidation sites excluding steroid dienone is 1. The Labute approximate surface area is 104 Å². The van der Waals surface area contributed by atoms with Crippen LogP contribution in [0.25, 0.3) is 5.70 Å². The first-order valence-electron chi connectivity index (χ1n) is 6.23. The number of nitrogens with zero attached hydrogens (tertiary/aromatic N) is 3. The van der Waals surface area contributed by atoms with Gasteiger partial charge in [-0.15, -0.1) is 0 Å². The first kappa shape index (κ1) is 12.1. The van der Waals surface area contributed by atoms with Crippen molar-refractivity contribution in [3.8, 4) is 0 Å². The first-order chi connectivity index (χ1) is 8.20. The summed E-state index contributed by atoms with van der Waals surface area (Å²) in [6.45, 7) is 8.60. The van der Waals surface area contributed by atoms with Gasteiger partial charge in [-0.1, -0.05) is 6.08 Å². The lowest BCUT2D eigenvalue weighted by molar-refractivity contribution is 0.207. The van der Waals surface area contributed by atoms with E-state index in [4.69, 9.17) is 0 Å².